The fraction of sp³-hybridized carbons (Fsp3) is 0.176. The zero-order valence-electron chi connectivity index (χ0n) is 11.0. The standard InChI is InChI=1S/C17H13F3/c1-13-5-7-14(8-6-13)3-2-4-15-9-11-16(12-10-15)17(18,19)20/h5-12H,3H2,1H3. The van der Waals surface area contributed by atoms with Gasteiger partial charge in [-0.1, -0.05) is 41.7 Å². The molecule has 2 rings (SSSR count). The Hall–Kier alpha value is -2.21. The minimum Gasteiger partial charge on any atom is -0.166 e. The van der Waals surface area contributed by atoms with Gasteiger partial charge >= 0.3 is 6.18 Å². The number of hydrogen-bond donors (Lipinski definition) is 0. The van der Waals surface area contributed by atoms with Gasteiger partial charge in [0.15, 0.2) is 0 Å². The average Bonchev–Trinajstić information content (AvgIpc) is 2.41. The van der Waals surface area contributed by atoms with Crippen molar-refractivity contribution in [2.75, 3.05) is 0 Å². The lowest BCUT2D eigenvalue weighted by Crippen LogP contribution is -2.04. The molecule has 0 unspecified atom stereocenters. The van der Waals surface area contributed by atoms with Crippen LogP contribution in [0.4, 0.5) is 13.2 Å². The van der Waals surface area contributed by atoms with Crippen molar-refractivity contribution in [3.05, 3.63) is 70.8 Å². The zero-order chi connectivity index (χ0) is 14.6. The van der Waals surface area contributed by atoms with Crippen LogP contribution in [0.3, 0.4) is 0 Å². The summed E-state index contributed by atoms with van der Waals surface area (Å²) in [5.74, 6) is 5.83. The second kappa shape index (κ2) is 5.83. The van der Waals surface area contributed by atoms with Crippen LogP contribution in [-0.2, 0) is 12.6 Å². The highest BCUT2D eigenvalue weighted by Crippen LogP contribution is 2.28. The van der Waals surface area contributed by atoms with Crippen LogP contribution in [0, 0.1) is 18.8 Å². The molecule has 0 aliphatic carbocycles. The Morgan fingerprint density at radius 1 is 0.900 bits per heavy atom. The van der Waals surface area contributed by atoms with Gasteiger partial charge in [0, 0.05) is 12.0 Å². The minimum atomic E-state index is -4.30. The van der Waals surface area contributed by atoms with Crippen molar-refractivity contribution in [3.8, 4) is 11.8 Å². The maximum atomic E-state index is 12.4. The highest BCUT2D eigenvalue weighted by molar-refractivity contribution is 5.38. The largest absolute Gasteiger partial charge is 0.416 e. The molecule has 102 valence electrons. The van der Waals surface area contributed by atoms with E-state index < -0.39 is 11.7 Å². The van der Waals surface area contributed by atoms with Crippen molar-refractivity contribution in [1.29, 1.82) is 0 Å². The summed E-state index contributed by atoms with van der Waals surface area (Å²) in [7, 11) is 0. The highest BCUT2D eigenvalue weighted by atomic mass is 19.4. The van der Waals surface area contributed by atoms with E-state index in [0.29, 0.717) is 12.0 Å². The lowest BCUT2D eigenvalue weighted by atomic mass is 10.1. The molecule has 2 aromatic carbocycles. The number of alkyl halides is 3. The number of hydrogen-bond acceptors (Lipinski definition) is 0. The Labute approximate surface area is 116 Å². The van der Waals surface area contributed by atoms with Gasteiger partial charge in [-0.2, -0.15) is 13.2 Å². The number of benzene rings is 2. The monoisotopic (exact) mass is 274 g/mol. The summed E-state index contributed by atoms with van der Waals surface area (Å²) in [5, 5.41) is 0. The van der Waals surface area contributed by atoms with Gasteiger partial charge in [-0.25, -0.2) is 0 Å². The molecule has 2 aromatic rings. The Bertz CT molecular complexity index is 623. The van der Waals surface area contributed by atoms with E-state index in [4.69, 9.17) is 0 Å². The molecule has 3 heteroatoms. The highest BCUT2D eigenvalue weighted by Gasteiger charge is 2.29. The molecule has 0 aliphatic rings. The second-order valence-electron chi connectivity index (χ2n) is 4.54. The van der Waals surface area contributed by atoms with Crippen molar-refractivity contribution in [3.63, 3.8) is 0 Å². The first-order valence-corrected chi connectivity index (χ1v) is 6.17. The van der Waals surface area contributed by atoms with Crippen LogP contribution in [0.15, 0.2) is 48.5 Å². The van der Waals surface area contributed by atoms with Gasteiger partial charge in [0.1, 0.15) is 0 Å². The molecule has 0 saturated heterocycles. The minimum absolute atomic E-state index is 0.585. The Morgan fingerprint density at radius 2 is 1.50 bits per heavy atom. The van der Waals surface area contributed by atoms with Crippen molar-refractivity contribution in [2.24, 2.45) is 0 Å². The third-order valence-corrected chi connectivity index (χ3v) is 2.86. The summed E-state index contributed by atoms with van der Waals surface area (Å²) in [6.07, 6.45) is -3.71. The van der Waals surface area contributed by atoms with Crippen LogP contribution >= 0.6 is 0 Å². The van der Waals surface area contributed by atoms with Crippen molar-refractivity contribution >= 4 is 0 Å². The first kappa shape index (κ1) is 14.2. The van der Waals surface area contributed by atoms with Crippen molar-refractivity contribution in [1.82, 2.24) is 0 Å². The smallest absolute Gasteiger partial charge is 0.166 e. The van der Waals surface area contributed by atoms with Crippen molar-refractivity contribution < 1.29 is 13.2 Å². The van der Waals surface area contributed by atoms with Gasteiger partial charge in [-0.3, -0.25) is 0 Å². The number of rotatable bonds is 1. The first-order chi connectivity index (χ1) is 9.45. The van der Waals surface area contributed by atoms with E-state index >= 15 is 0 Å². The molecule has 0 radical (unpaired) electrons. The van der Waals surface area contributed by atoms with Gasteiger partial charge in [0.2, 0.25) is 0 Å². The molecule has 0 aromatic heterocycles. The molecule has 20 heavy (non-hydrogen) atoms. The molecule has 0 spiro atoms. The lowest BCUT2D eigenvalue weighted by Gasteiger charge is -2.05. The summed E-state index contributed by atoms with van der Waals surface area (Å²) in [6.45, 7) is 2.01. The fourth-order valence-corrected chi connectivity index (χ4v) is 1.70. The van der Waals surface area contributed by atoms with Gasteiger partial charge in [-0.15, -0.1) is 0 Å². The van der Waals surface area contributed by atoms with Gasteiger partial charge in [0.05, 0.1) is 5.56 Å². The molecule has 0 aliphatic heterocycles. The SMILES string of the molecule is Cc1ccc(CC#Cc2ccc(C(F)(F)F)cc2)cc1. The average molecular weight is 274 g/mol. The van der Waals surface area contributed by atoms with E-state index in [-0.39, 0.29) is 0 Å². The molecule has 0 atom stereocenters. The summed E-state index contributed by atoms with van der Waals surface area (Å²) in [5.41, 5.74) is 2.21. The molecular weight excluding hydrogens is 261 g/mol. The normalized spacial score (nSPS) is 10.8. The molecule has 0 heterocycles. The predicted octanol–water partition coefficient (Wildman–Crippen LogP) is 4.61. The third-order valence-electron chi connectivity index (χ3n) is 2.86. The van der Waals surface area contributed by atoms with E-state index in [2.05, 4.69) is 11.8 Å². The topological polar surface area (TPSA) is 0 Å². The quantitative estimate of drug-likeness (QED) is 0.666. The van der Waals surface area contributed by atoms with Crippen LogP contribution in [0.2, 0.25) is 0 Å². The first-order valence-electron chi connectivity index (χ1n) is 6.17. The number of halogens is 3. The van der Waals surface area contributed by atoms with Crippen LogP contribution in [0.1, 0.15) is 22.3 Å². The van der Waals surface area contributed by atoms with E-state index in [1.54, 1.807) is 0 Å². The molecular formula is C17H13F3. The molecule has 0 nitrogen and oxygen atoms in total. The third kappa shape index (κ3) is 3.89. The molecule has 0 bridgehead atoms. The predicted molar refractivity (Wildman–Crippen MR) is 73.2 cm³/mol. The lowest BCUT2D eigenvalue weighted by molar-refractivity contribution is -0.137. The summed E-state index contributed by atoms with van der Waals surface area (Å²) in [6, 6.07) is 12.9. The van der Waals surface area contributed by atoms with Gasteiger partial charge in [-0.05, 0) is 36.8 Å². The Morgan fingerprint density at radius 3 is 2.05 bits per heavy atom. The van der Waals surface area contributed by atoms with Crippen LogP contribution in [0.5, 0.6) is 0 Å². The van der Waals surface area contributed by atoms with Crippen molar-refractivity contribution in [2.45, 2.75) is 19.5 Å². The summed E-state index contributed by atoms with van der Waals surface area (Å²) >= 11 is 0. The molecule has 0 N–H and O–H groups in total. The number of aryl methyl sites for hydroxylation is 1. The Balaban J connectivity index is 2.04. The molecule has 0 saturated carbocycles. The van der Waals surface area contributed by atoms with E-state index in [9.17, 15) is 13.2 Å². The zero-order valence-corrected chi connectivity index (χ0v) is 11.0. The summed E-state index contributed by atoms with van der Waals surface area (Å²) in [4.78, 5) is 0. The van der Waals surface area contributed by atoms with E-state index in [1.807, 2.05) is 31.2 Å². The Kier molecular flexibility index (Phi) is 4.14. The summed E-state index contributed by atoms with van der Waals surface area (Å²) < 4.78 is 37.2. The van der Waals surface area contributed by atoms with Gasteiger partial charge in [0.25, 0.3) is 0 Å². The second-order valence-corrected chi connectivity index (χ2v) is 4.54. The van der Waals surface area contributed by atoms with Crippen LogP contribution in [-0.4, -0.2) is 0 Å². The van der Waals surface area contributed by atoms with Crippen LogP contribution in [0.25, 0.3) is 0 Å². The molecule has 0 amide bonds. The van der Waals surface area contributed by atoms with E-state index in [0.717, 1.165) is 17.7 Å². The van der Waals surface area contributed by atoms with Gasteiger partial charge < -0.3 is 0 Å². The maximum absolute atomic E-state index is 12.4. The fourth-order valence-electron chi connectivity index (χ4n) is 1.70. The van der Waals surface area contributed by atoms with E-state index in [1.165, 1.54) is 17.7 Å². The maximum Gasteiger partial charge on any atom is 0.416 e. The molecule has 0 fully saturated rings. The van der Waals surface area contributed by atoms with Crippen LogP contribution < -0.4 is 0 Å².